The lowest BCUT2D eigenvalue weighted by atomic mass is 10.4. The molecule has 0 saturated heterocycles. The molecule has 0 saturated carbocycles. The fraction of sp³-hybridized carbons (Fsp3) is 1.00. The van der Waals surface area contributed by atoms with Crippen molar-refractivity contribution in [3.63, 3.8) is 0 Å². The topological polar surface area (TPSA) is 87.4 Å². The number of halogens is 1. The van der Waals surface area contributed by atoms with E-state index in [2.05, 4.69) is 0 Å². The van der Waals surface area contributed by atoms with E-state index >= 15 is 0 Å². The van der Waals surface area contributed by atoms with Crippen molar-refractivity contribution in [2.45, 2.75) is 0 Å². The van der Waals surface area contributed by atoms with E-state index in [-0.39, 0.29) is 38.8 Å². The van der Waals surface area contributed by atoms with E-state index in [0.29, 0.717) is 39.3 Å². The predicted molar refractivity (Wildman–Crippen MR) is 68.5 cm³/mol. The van der Waals surface area contributed by atoms with Gasteiger partial charge in [0.25, 0.3) is 0 Å². The highest BCUT2D eigenvalue weighted by Gasteiger charge is 2.07. The maximum atomic E-state index is 8.82. The highest BCUT2D eigenvalue weighted by atomic mass is 35.5. The minimum absolute atomic E-state index is 0. The molecule has 0 unspecified atom stereocenters. The maximum absolute atomic E-state index is 8.82. The summed E-state index contributed by atoms with van der Waals surface area (Å²) in [6, 6.07) is 0. The number of nitrogens with zero attached hydrogens (tertiary/aromatic N) is 2. The van der Waals surface area contributed by atoms with Crippen molar-refractivity contribution >= 4 is 12.4 Å². The van der Waals surface area contributed by atoms with Crippen LogP contribution in [0.1, 0.15) is 0 Å². The van der Waals surface area contributed by atoms with E-state index in [9.17, 15) is 0 Å². The highest BCUT2D eigenvalue weighted by molar-refractivity contribution is 5.85. The molecule has 0 aliphatic rings. The van der Waals surface area contributed by atoms with E-state index in [4.69, 9.17) is 20.4 Å². The van der Waals surface area contributed by atoms with E-state index in [0.717, 1.165) is 0 Å². The van der Waals surface area contributed by atoms with Crippen LogP contribution in [0, 0.1) is 0 Å². The molecule has 0 aliphatic carbocycles. The van der Waals surface area contributed by atoms with Crippen LogP contribution in [0.5, 0.6) is 0 Å². The molecular formula is C10H25ClN2O4. The summed E-state index contributed by atoms with van der Waals surface area (Å²) >= 11 is 0. The lowest BCUT2D eigenvalue weighted by Gasteiger charge is -2.25. The Kier molecular flexibility index (Phi) is 16.1. The molecule has 0 rings (SSSR count). The monoisotopic (exact) mass is 272 g/mol. The number of aliphatic hydroxyl groups is 4. The summed E-state index contributed by atoms with van der Waals surface area (Å²) in [7, 11) is 0. The molecule has 0 aromatic carbocycles. The van der Waals surface area contributed by atoms with E-state index in [1.807, 2.05) is 9.80 Å². The molecule has 106 valence electrons. The Bertz CT molecular complexity index is 126. The van der Waals surface area contributed by atoms with Crippen molar-refractivity contribution in [2.24, 2.45) is 0 Å². The van der Waals surface area contributed by atoms with Crippen LogP contribution in [-0.2, 0) is 0 Å². The fourth-order valence-corrected chi connectivity index (χ4v) is 1.52. The quantitative estimate of drug-likeness (QED) is 0.347. The van der Waals surface area contributed by atoms with Gasteiger partial charge < -0.3 is 20.4 Å². The van der Waals surface area contributed by atoms with Gasteiger partial charge in [0.1, 0.15) is 0 Å². The molecule has 0 aromatic heterocycles. The largest absolute Gasteiger partial charge is 0.395 e. The van der Waals surface area contributed by atoms with Gasteiger partial charge in [-0.1, -0.05) is 0 Å². The molecule has 17 heavy (non-hydrogen) atoms. The minimum atomic E-state index is 0. The van der Waals surface area contributed by atoms with Crippen molar-refractivity contribution in [3.8, 4) is 0 Å². The van der Waals surface area contributed by atoms with Crippen LogP contribution in [0.25, 0.3) is 0 Å². The summed E-state index contributed by atoms with van der Waals surface area (Å²) in [6.45, 7) is 3.83. The number of hydrogen-bond donors (Lipinski definition) is 4. The van der Waals surface area contributed by atoms with Crippen molar-refractivity contribution in [1.29, 1.82) is 0 Å². The summed E-state index contributed by atoms with van der Waals surface area (Å²) in [5, 5.41) is 35.3. The Labute approximate surface area is 109 Å². The Morgan fingerprint density at radius 2 is 0.706 bits per heavy atom. The molecule has 6 nitrogen and oxygen atoms in total. The summed E-state index contributed by atoms with van der Waals surface area (Å²) in [6.07, 6.45) is 0. The van der Waals surface area contributed by atoms with Gasteiger partial charge in [0.05, 0.1) is 26.4 Å². The predicted octanol–water partition coefficient (Wildman–Crippen LogP) is -2.02. The van der Waals surface area contributed by atoms with Crippen LogP contribution < -0.4 is 0 Å². The van der Waals surface area contributed by atoms with Gasteiger partial charge in [-0.15, -0.1) is 12.4 Å². The van der Waals surface area contributed by atoms with Crippen molar-refractivity contribution in [2.75, 3.05) is 65.7 Å². The van der Waals surface area contributed by atoms with Crippen LogP contribution in [-0.4, -0.2) is 95.9 Å². The molecule has 4 N–H and O–H groups in total. The zero-order valence-corrected chi connectivity index (χ0v) is 11.0. The second-order valence-corrected chi connectivity index (χ2v) is 3.58. The molecule has 0 heterocycles. The summed E-state index contributed by atoms with van der Waals surface area (Å²) < 4.78 is 0. The Balaban J connectivity index is 0. The van der Waals surface area contributed by atoms with Crippen LogP contribution in [0.15, 0.2) is 0 Å². The van der Waals surface area contributed by atoms with E-state index < -0.39 is 0 Å². The van der Waals surface area contributed by atoms with Crippen molar-refractivity contribution < 1.29 is 20.4 Å². The molecule has 0 amide bonds. The molecule has 7 heteroatoms. The third-order valence-corrected chi connectivity index (χ3v) is 2.40. The van der Waals surface area contributed by atoms with Gasteiger partial charge in [0.2, 0.25) is 0 Å². The minimum Gasteiger partial charge on any atom is -0.395 e. The first-order valence-electron chi connectivity index (χ1n) is 5.66. The van der Waals surface area contributed by atoms with Crippen LogP contribution in [0.3, 0.4) is 0 Å². The highest BCUT2D eigenvalue weighted by Crippen LogP contribution is 1.92. The summed E-state index contributed by atoms with van der Waals surface area (Å²) in [4.78, 5) is 3.89. The Hall–Kier alpha value is 0.0500. The molecule has 0 aromatic rings. The third kappa shape index (κ3) is 10.9. The zero-order valence-electron chi connectivity index (χ0n) is 10.2. The molecule has 0 spiro atoms. The average molecular weight is 273 g/mol. The smallest absolute Gasteiger partial charge is 0.0558 e. The van der Waals surface area contributed by atoms with Crippen LogP contribution >= 0.6 is 12.4 Å². The first-order valence-corrected chi connectivity index (χ1v) is 5.66. The molecule has 0 bridgehead atoms. The maximum Gasteiger partial charge on any atom is 0.0558 e. The Morgan fingerprint density at radius 3 is 0.882 bits per heavy atom. The number of hydrogen-bond acceptors (Lipinski definition) is 6. The van der Waals surface area contributed by atoms with Gasteiger partial charge in [-0.3, -0.25) is 9.80 Å². The van der Waals surface area contributed by atoms with Crippen molar-refractivity contribution in [3.05, 3.63) is 0 Å². The molecule has 0 aliphatic heterocycles. The molecule has 0 radical (unpaired) electrons. The van der Waals surface area contributed by atoms with Gasteiger partial charge in [0, 0.05) is 39.3 Å². The molecular weight excluding hydrogens is 248 g/mol. The number of aliphatic hydroxyl groups excluding tert-OH is 4. The fourth-order valence-electron chi connectivity index (χ4n) is 1.52. The zero-order chi connectivity index (χ0) is 12.2. The average Bonchev–Trinajstić information content (AvgIpc) is 2.27. The SMILES string of the molecule is Cl.OCCN(CCO)CCN(CCO)CCO. The van der Waals surface area contributed by atoms with Gasteiger partial charge in [0.15, 0.2) is 0 Å². The van der Waals surface area contributed by atoms with Gasteiger partial charge in [-0.25, -0.2) is 0 Å². The third-order valence-electron chi connectivity index (χ3n) is 2.40. The first-order chi connectivity index (χ1) is 7.78. The normalized spacial score (nSPS) is 10.9. The van der Waals surface area contributed by atoms with E-state index in [1.54, 1.807) is 0 Å². The second kappa shape index (κ2) is 14.1. The molecule has 0 fully saturated rings. The van der Waals surface area contributed by atoms with E-state index in [1.165, 1.54) is 0 Å². The first kappa shape index (κ1) is 19.4. The van der Waals surface area contributed by atoms with Gasteiger partial charge in [-0.05, 0) is 0 Å². The summed E-state index contributed by atoms with van der Waals surface area (Å²) in [5.74, 6) is 0. The Morgan fingerprint density at radius 1 is 0.471 bits per heavy atom. The second-order valence-electron chi connectivity index (χ2n) is 3.58. The van der Waals surface area contributed by atoms with Gasteiger partial charge in [-0.2, -0.15) is 0 Å². The number of rotatable bonds is 11. The van der Waals surface area contributed by atoms with Gasteiger partial charge >= 0.3 is 0 Å². The lowest BCUT2D eigenvalue weighted by molar-refractivity contribution is 0.121. The van der Waals surface area contributed by atoms with Crippen LogP contribution in [0.4, 0.5) is 0 Å². The standard InChI is InChI=1S/C10H24N2O4.ClH/c13-7-3-11(4-8-14)1-2-12(5-9-15)6-10-16;/h13-16H,1-10H2;1H. The van der Waals surface area contributed by atoms with Crippen molar-refractivity contribution in [1.82, 2.24) is 9.80 Å². The van der Waals surface area contributed by atoms with Crippen LogP contribution in [0.2, 0.25) is 0 Å². The molecule has 0 atom stereocenters. The summed E-state index contributed by atoms with van der Waals surface area (Å²) in [5.41, 5.74) is 0. The lowest BCUT2D eigenvalue weighted by Crippen LogP contribution is -2.40.